The molecule has 4 heteroatoms. The third-order valence-electron chi connectivity index (χ3n) is 2.73. The first-order valence-corrected chi connectivity index (χ1v) is 6.55. The minimum absolute atomic E-state index is 0.0103. The van der Waals surface area contributed by atoms with Crippen LogP contribution >= 0.6 is 0 Å². The fraction of sp³-hybridized carbons (Fsp3) is 0.455. The summed E-state index contributed by atoms with van der Waals surface area (Å²) < 4.78 is 23.7. The Labute approximate surface area is 91.2 Å². The molecule has 0 heterocycles. The van der Waals surface area contributed by atoms with Gasteiger partial charge in [0.2, 0.25) is 0 Å². The van der Waals surface area contributed by atoms with Gasteiger partial charge in [-0.15, -0.1) is 0 Å². The van der Waals surface area contributed by atoms with Crippen molar-refractivity contribution in [3.8, 4) is 0 Å². The topological polar surface area (TPSA) is 60.2 Å². The highest BCUT2D eigenvalue weighted by Gasteiger charge is 2.17. The third kappa shape index (κ3) is 2.38. The Kier molecular flexibility index (Phi) is 3.52. The van der Waals surface area contributed by atoms with Crippen LogP contribution in [0, 0.1) is 20.8 Å². The van der Waals surface area contributed by atoms with E-state index in [1.54, 1.807) is 6.07 Å². The van der Waals surface area contributed by atoms with E-state index in [0.717, 1.165) is 16.7 Å². The van der Waals surface area contributed by atoms with Crippen molar-refractivity contribution < 1.29 is 8.42 Å². The molecule has 0 saturated carbocycles. The lowest BCUT2D eigenvalue weighted by atomic mass is 10.1. The van der Waals surface area contributed by atoms with Crippen LogP contribution in [-0.4, -0.2) is 20.7 Å². The Hall–Kier alpha value is -0.870. The molecular formula is C11H17NO2S. The summed E-state index contributed by atoms with van der Waals surface area (Å²) in [6.45, 7) is 5.91. The lowest BCUT2D eigenvalue weighted by Gasteiger charge is -2.11. The van der Waals surface area contributed by atoms with Crippen LogP contribution in [0.1, 0.15) is 16.7 Å². The highest BCUT2D eigenvalue weighted by molar-refractivity contribution is 7.91. The standard InChI is InChI=1S/C11H17NO2S/c1-8-4-5-11(10(3)9(8)2)15(13,14)7-6-12/h4-5H,6-7,12H2,1-3H3. The molecule has 1 aromatic carbocycles. The monoisotopic (exact) mass is 227 g/mol. The SMILES string of the molecule is Cc1ccc(S(=O)(=O)CCN)c(C)c1C. The highest BCUT2D eigenvalue weighted by Crippen LogP contribution is 2.22. The number of benzene rings is 1. The van der Waals surface area contributed by atoms with Crippen molar-refractivity contribution in [1.29, 1.82) is 0 Å². The molecule has 0 radical (unpaired) electrons. The average molecular weight is 227 g/mol. The van der Waals surface area contributed by atoms with Crippen LogP contribution in [0.3, 0.4) is 0 Å². The van der Waals surface area contributed by atoms with Crippen LogP contribution in [0.25, 0.3) is 0 Å². The lowest BCUT2D eigenvalue weighted by molar-refractivity contribution is 0.595. The number of aryl methyl sites for hydroxylation is 1. The van der Waals surface area contributed by atoms with E-state index in [9.17, 15) is 8.42 Å². The molecule has 0 amide bonds. The number of sulfone groups is 1. The van der Waals surface area contributed by atoms with Gasteiger partial charge in [0.1, 0.15) is 0 Å². The second kappa shape index (κ2) is 4.33. The van der Waals surface area contributed by atoms with Gasteiger partial charge in [-0.2, -0.15) is 0 Å². The molecular weight excluding hydrogens is 210 g/mol. The summed E-state index contributed by atoms with van der Waals surface area (Å²) in [7, 11) is -3.21. The molecule has 0 aliphatic heterocycles. The van der Waals surface area contributed by atoms with Crippen molar-refractivity contribution in [2.24, 2.45) is 5.73 Å². The maximum atomic E-state index is 11.8. The Morgan fingerprint density at radius 2 is 1.73 bits per heavy atom. The molecule has 0 spiro atoms. The molecule has 0 aromatic heterocycles. The molecule has 84 valence electrons. The van der Waals surface area contributed by atoms with E-state index in [-0.39, 0.29) is 12.3 Å². The van der Waals surface area contributed by atoms with Gasteiger partial charge in [-0.25, -0.2) is 8.42 Å². The predicted molar refractivity (Wildman–Crippen MR) is 61.8 cm³/mol. The van der Waals surface area contributed by atoms with E-state index in [4.69, 9.17) is 5.73 Å². The van der Waals surface area contributed by atoms with Crippen molar-refractivity contribution in [2.75, 3.05) is 12.3 Å². The van der Waals surface area contributed by atoms with Crippen molar-refractivity contribution in [3.63, 3.8) is 0 Å². The Bertz CT molecular complexity index is 464. The zero-order valence-corrected chi connectivity index (χ0v) is 10.2. The number of nitrogens with two attached hydrogens (primary N) is 1. The summed E-state index contributed by atoms with van der Waals surface area (Å²) in [6, 6.07) is 3.51. The van der Waals surface area contributed by atoms with E-state index < -0.39 is 9.84 Å². The minimum Gasteiger partial charge on any atom is -0.329 e. The van der Waals surface area contributed by atoms with Gasteiger partial charge in [0.15, 0.2) is 9.84 Å². The quantitative estimate of drug-likeness (QED) is 0.847. The fourth-order valence-electron chi connectivity index (χ4n) is 1.53. The summed E-state index contributed by atoms with van der Waals surface area (Å²) in [5.74, 6) is 0.0103. The largest absolute Gasteiger partial charge is 0.329 e. The molecule has 15 heavy (non-hydrogen) atoms. The molecule has 0 saturated heterocycles. The van der Waals surface area contributed by atoms with Gasteiger partial charge in [0.25, 0.3) is 0 Å². The van der Waals surface area contributed by atoms with Crippen LogP contribution in [-0.2, 0) is 9.84 Å². The Morgan fingerprint density at radius 3 is 2.27 bits per heavy atom. The third-order valence-corrected chi connectivity index (χ3v) is 4.62. The average Bonchev–Trinajstić information content (AvgIpc) is 2.13. The first-order valence-electron chi connectivity index (χ1n) is 4.90. The fourth-order valence-corrected chi connectivity index (χ4v) is 2.96. The smallest absolute Gasteiger partial charge is 0.179 e. The van der Waals surface area contributed by atoms with Crippen molar-refractivity contribution in [3.05, 3.63) is 28.8 Å². The van der Waals surface area contributed by atoms with Gasteiger partial charge >= 0.3 is 0 Å². The summed E-state index contributed by atoms with van der Waals surface area (Å²) in [6.07, 6.45) is 0. The maximum absolute atomic E-state index is 11.8. The lowest BCUT2D eigenvalue weighted by Crippen LogP contribution is -2.17. The highest BCUT2D eigenvalue weighted by atomic mass is 32.2. The first-order chi connectivity index (χ1) is 6.90. The first kappa shape index (κ1) is 12.2. The normalized spacial score (nSPS) is 11.7. The molecule has 1 rings (SSSR count). The summed E-state index contributed by atoms with van der Waals surface area (Å²) in [5.41, 5.74) is 8.27. The van der Waals surface area contributed by atoms with Gasteiger partial charge in [-0.1, -0.05) is 6.07 Å². The summed E-state index contributed by atoms with van der Waals surface area (Å²) in [5, 5.41) is 0. The van der Waals surface area contributed by atoms with Gasteiger partial charge in [-0.05, 0) is 43.5 Å². The number of hydrogen-bond donors (Lipinski definition) is 1. The Balaban J connectivity index is 3.34. The van der Waals surface area contributed by atoms with E-state index in [1.807, 2.05) is 26.8 Å². The molecule has 0 atom stereocenters. The van der Waals surface area contributed by atoms with E-state index >= 15 is 0 Å². The van der Waals surface area contributed by atoms with Crippen molar-refractivity contribution in [1.82, 2.24) is 0 Å². The van der Waals surface area contributed by atoms with Crippen LogP contribution in [0.5, 0.6) is 0 Å². The summed E-state index contributed by atoms with van der Waals surface area (Å²) >= 11 is 0. The maximum Gasteiger partial charge on any atom is 0.179 e. The molecule has 0 bridgehead atoms. The number of hydrogen-bond acceptors (Lipinski definition) is 3. The van der Waals surface area contributed by atoms with Crippen LogP contribution < -0.4 is 5.73 Å². The van der Waals surface area contributed by atoms with Crippen molar-refractivity contribution >= 4 is 9.84 Å². The van der Waals surface area contributed by atoms with E-state index in [2.05, 4.69) is 0 Å². The van der Waals surface area contributed by atoms with Crippen LogP contribution in [0.15, 0.2) is 17.0 Å². The van der Waals surface area contributed by atoms with Crippen molar-refractivity contribution in [2.45, 2.75) is 25.7 Å². The molecule has 0 aliphatic rings. The van der Waals surface area contributed by atoms with E-state index in [0.29, 0.717) is 4.90 Å². The van der Waals surface area contributed by atoms with Crippen LogP contribution in [0.2, 0.25) is 0 Å². The second-order valence-electron chi connectivity index (χ2n) is 3.74. The molecule has 2 N–H and O–H groups in total. The molecule has 0 fully saturated rings. The molecule has 0 aliphatic carbocycles. The van der Waals surface area contributed by atoms with Gasteiger partial charge < -0.3 is 5.73 Å². The van der Waals surface area contributed by atoms with Gasteiger partial charge in [0, 0.05) is 6.54 Å². The number of rotatable bonds is 3. The summed E-state index contributed by atoms with van der Waals surface area (Å²) in [4.78, 5) is 0.413. The Morgan fingerprint density at radius 1 is 1.13 bits per heavy atom. The van der Waals surface area contributed by atoms with Gasteiger partial charge in [0.05, 0.1) is 10.6 Å². The molecule has 1 aromatic rings. The van der Waals surface area contributed by atoms with Crippen LogP contribution in [0.4, 0.5) is 0 Å². The molecule has 3 nitrogen and oxygen atoms in total. The minimum atomic E-state index is -3.21. The second-order valence-corrected chi connectivity index (χ2v) is 5.82. The van der Waals surface area contributed by atoms with E-state index in [1.165, 1.54) is 0 Å². The predicted octanol–water partition coefficient (Wildman–Crippen LogP) is 1.34. The van der Waals surface area contributed by atoms with Gasteiger partial charge in [-0.3, -0.25) is 0 Å². The molecule has 0 unspecified atom stereocenters. The zero-order valence-electron chi connectivity index (χ0n) is 9.37. The zero-order chi connectivity index (χ0) is 11.6.